The van der Waals surface area contributed by atoms with Gasteiger partial charge in [0.05, 0.1) is 10.6 Å². The van der Waals surface area contributed by atoms with Crippen LogP contribution in [-0.2, 0) is 4.79 Å². The van der Waals surface area contributed by atoms with E-state index in [1.54, 1.807) is 9.80 Å². The quantitative estimate of drug-likeness (QED) is 0.739. The number of benzene rings is 2. The molecular formula is C23H24ClF2N3O3. The third kappa shape index (κ3) is 5.43. The summed E-state index contributed by atoms with van der Waals surface area (Å²) in [5, 5.41) is 2.77. The van der Waals surface area contributed by atoms with Crippen molar-refractivity contribution < 1.29 is 23.2 Å². The summed E-state index contributed by atoms with van der Waals surface area (Å²) in [6.45, 7) is 4.80. The fourth-order valence-electron chi connectivity index (χ4n) is 3.50. The number of carbonyl (C=O) groups excluding carboxylic acids is 3. The zero-order chi connectivity index (χ0) is 23.4. The zero-order valence-corrected chi connectivity index (χ0v) is 18.5. The van der Waals surface area contributed by atoms with E-state index in [2.05, 4.69) is 5.32 Å². The van der Waals surface area contributed by atoms with Gasteiger partial charge in [0.15, 0.2) is 0 Å². The molecule has 1 atom stereocenters. The predicted octanol–water partition coefficient (Wildman–Crippen LogP) is 3.36. The van der Waals surface area contributed by atoms with Crippen LogP contribution in [0.5, 0.6) is 0 Å². The van der Waals surface area contributed by atoms with Crippen molar-refractivity contribution in [1.29, 1.82) is 0 Å². The number of hydrogen-bond donors (Lipinski definition) is 1. The zero-order valence-electron chi connectivity index (χ0n) is 17.8. The van der Waals surface area contributed by atoms with Crippen LogP contribution in [0.15, 0.2) is 42.5 Å². The molecule has 0 spiro atoms. The van der Waals surface area contributed by atoms with Crippen molar-refractivity contribution in [3.63, 3.8) is 0 Å². The molecule has 2 aromatic rings. The molecule has 3 amide bonds. The minimum Gasteiger partial charge on any atom is -0.340 e. The van der Waals surface area contributed by atoms with Crippen LogP contribution in [-0.4, -0.2) is 59.7 Å². The minimum absolute atomic E-state index is 0.0388. The van der Waals surface area contributed by atoms with E-state index in [0.717, 1.165) is 6.07 Å². The molecule has 1 saturated heterocycles. The van der Waals surface area contributed by atoms with Crippen LogP contribution in [0.4, 0.5) is 8.78 Å². The Bertz CT molecular complexity index is 1010. The van der Waals surface area contributed by atoms with Gasteiger partial charge in [-0.3, -0.25) is 14.4 Å². The number of nitrogens with zero attached hydrogens (tertiary/aromatic N) is 2. The van der Waals surface area contributed by atoms with Crippen LogP contribution in [0.3, 0.4) is 0 Å². The monoisotopic (exact) mass is 463 g/mol. The van der Waals surface area contributed by atoms with Gasteiger partial charge in [-0.25, -0.2) is 8.78 Å². The highest BCUT2D eigenvalue weighted by Gasteiger charge is 2.32. The number of nitrogens with one attached hydrogen (secondary N) is 1. The lowest BCUT2D eigenvalue weighted by Gasteiger charge is -2.37. The maximum Gasteiger partial charge on any atom is 0.255 e. The smallest absolute Gasteiger partial charge is 0.255 e. The van der Waals surface area contributed by atoms with Crippen LogP contribution < -0.4 is 5.32 Å². The van der Waals surface area contributed by atoms with Crippen LogP contribution in [0.25, 0.3) is 0 Å². The maximum absolute atomic E-state index is 13.3. The van der Waals surface area contributed by atoms with Crippen molar-refractivity contribution >= 4 is 29.3 Å². The molecule has 0 radical (unpaired) electrons. The first-order chi connectivity index (χ1) is 15.2. The molecule has 1 heterocycles. The van der Waals surface area contributed by atoms with Crippen LogP contribution in [0.2, 0.25) is 5.02 Å². The van der Waals surface area contributed by atoms with E-state index in [1.807, 2.05) is 13.8 Å². The molecule has 1 aliphatic heterocycles. The molecule has 0 saturated carbocycles. The highest BCUT2D eigenvalue weighted by Crippen LogP contribution is 2.20. The Morgan fingerprint density at radius 2 is 1.47 bits per heavy atom. The van der Waals surface area contributed by atoms with Gasteiger partial charge < -0.3 is 15.1 Å². The fourth-order valence-corrected chi connectivity index (χ4v) is 3.75. The molecule has 1 fully saturated rings. The number of amides is 3. The van der Waals surface area contributed by atoms with E-state index in [1.165, 1.54) is 36.4 Å². The Hall–Kier alpha value is -3.00. The predicted molar refractivity (Wildman–Crippen MR) is 116 cm³/mol. The first-order valence-electron chi connectivity index (χ1n) is 10.3. The number of hydrogen-bond acceptors (Lipinski definition) is 3. The Kier molecular flexibility index (Phi) is 7.45. The molecule has 170 valence electrons. The molecule has 1 aliphatic rings. The molecule has 6 nitrogen and oxygen atoms in total. The fraction of sp³-hybridized carbons (Fsp3) is 0.348. The third-order valence-electron chi connectivity index (χ3n) is 5.37. The van der Waals surface area contributed by atoms with Gasteiger partial charge in [0.1, 0.15) is 17.7 Å². The number of rotatable bonds is 5. The number of halogens is 3. The van der Waals surface area contributed by atoms with Crippen molar-refractivity contribution in [3.8, 4) is 0 Å². The third-order valence-corrected chi connectivity index (χ3v) is 5.68. The first-order valence-corrected chi connectivity index (χ1v) is 10.6. The SMILES string of the molecule is CC(C)C(NC(=O)c1ccc(F)cc1)C(=O)N1CCN(C(=O)c2ccc(F)cc2Cl)CC1. The molecule has 0 bridgehead atoms. The van der Waals surface area contributed by atoms with E-state index in [0.29, 0.717) is 13.1 Å². The molecule has 9 heteroatoms. The second-order valence-electron chi connectivity index (χ2n) is 7.94. The second-order valence-corrected chi connectivity index (χ2v) is 8.35. The largest absolute Gasteiger partial charge is 0.340 e. The number of piperazine rings is 1. The molecule has 1 N–H and O–H groups in total. The van der Waals surface area contributed by atoms with E-state index < -0.39 is 23.6 Å². The highest BCUT2D eigenvalue weighted by atomic mass is 35.5. The molecule has 0 aliphatic carbocycles. The molecule has 32 heavy (non-hydrogen) atoms. The lowest BCUT2D eigenvalue weighted by Crippen LogP contribution is -2.57. The summed E-state index contributed by atoms with van der Waals surface area (Å²) >= 11 is 5.99. The molecular weight excluding hydrogens is 440 g/mol. The van der Waals surface area contributed by atoms with Gasteiger partial charge in [0.2, 0.25) is 5.91 Å². The summed E-state index contributed by atoms with van der Waals surface area (Å²) in [6, 6.07) is 7.94. The molecule has 0 aromatic heterocycles. The summed E-state index contributed by atoms with van der Waals surface area (Å²) in [6.07, 6.45) is 0. The second kappa shape index (κ2) is 10.1. The minimum atomic E-state index is -0.763. The van der Waals surface area contributed by atoms with Crippen molar-refractivity contribution in [2.24, 2.45) is 5.92 Å². The van der Waals surface area contributed by atoms with Gasteiger partial charge >= 0.3 is 0 Å². The van der Waals surface area contributed by atoms with E-state index in [-0.39, 0.29) is 47.0 Å². The normalized spacial score (nSPS) is 14.9. The van der Waals surface area contributed by atoms with Crippen LogP contribution >= 0.6 is 11.6 Å². The standard InChI is InChI=1S/C23H24ClF2N3O3/c1-14(2)20(27-21(30)15-3-5-16(25)6-4-15)23(32)29-11-9-28(10-12-29)22(31)18-8-7-17(26)13-19(18)24/h3-8,13-14,20H,9-12H2,1-2H3,(H,27,30). The van der Waals surface area contributed by atoms with Gasteiger partial charge in [0, 0.05) is 31.7 Å². The Morgan fingerprint density at radius 1 is 0.906 bits per heavy atom. The van der Waals surface area contributed by atoms with Crippen molar-refractivity contribution in [2.45, 2.75) is 19.9 Å². The topological polar surface area (TPSA) is 69.7 Å². The van der Waals surface area contributed by atoms with Gasteiger partial charge in [0.25, 0.3) is 11.8 Å². The van der Waals surface area contributed by atoms with Crippen molar-refractivity contribution in [2.75, 3.05) is 26.2 Å². The van der Waals surface area contributed by atoms with E-state index in [9.17, 15) is 23.2 Å². The molecule has 2 aromatic carbocycles. The summed E-state index contributed by atoms with van der Waals surface area (Å²) in [5.41, 5.74) is 0.468. The average molecular weight is 464 g/mol. The molecule has 3 rings (SSSR count). The lowest BCUT2D eigenvalue weighted by molar-refractivity contribution is -0.135. The molecule has 1 unspecified atom stereocenters. The van der Waals surface area contributed by atoms with E-state index >= 15 is 0 Å². The summed E-state index contributed by atoms with van der Waals surface area (Å²) in [7, 11) is 0. The van der Waals surface area contributed by atoms with E-state index in [4.69, 9.17) is 11.6 Å². The first kappa shape index (κ1) is 23.7. The van der Waals surface area contributed by atoms with Crippen LogP contribution in [0.1, 0.15) is 34.6 Å². The number of carbonyl (C=O) groups is 3. The Balaban J connectivity index is 1.62. The Morgan fingerprint density at radius 3 is 2.03 bits per heavy atom. The van der Waals surface area contributed by atoms with Gasteiger partial charge in [-0.05, 0) is 48.4 Å². The van der Waals surface area contributed by atoms with Gasteiger partial charge in [-0.1, -0.05) is 25.4 Å². The van der Waals surface area contributed by atoms with Crippen molar-refractivity contribution in [1.82, 2.24) is 15.1 Å². The van der Waals surface area contributed by atoms with Gasteiger partial charge in [-0.15, -0.1) is 0 Å². The van der Waals surface area contributed by atoms with Crippen LogP contribution in [0, 0.1) is 17.6 Å². The highest BCUT2D eigenvalue weighted by molar-refractivity contribution is 6.33. The summed E-state index contributed by atoms with van der Waals surface area (Å²) < 4.78 is 26.4. The van der Waals surface area contributed by atoms with Gasteiger partial charge in [-0.2, -0.15) is 0 Å². The summed E-state index contributed by atoms with van der Waals surface area (Å²) in [4.78, 5) is 41.5. The lowest BCUT2D eigenvalue weighted by atomic mass is 10.0. The summed E-state index contributed by atoms with van der Waals surface area (Å²) in [5.74, 6) is -2.19. The Labute approximate surface area is 190 Å². The average Bonchev–Trinajstić information content (AvgIpc) is 2.77. The van der Waals surface area contributed by atoms with Crippen molar-refractivity contribution in [3.05, 3.63) is 70.2 Å². The maximum atomic E-state index is 13.3.